The Labute approximate surface area is 104 Å². The highest BCUT2D eigenvalue weighted by molar-refractivity contribution is 7.89. The molecule has 0 atom stereocenters. The van der Waals surface area contributed by atoms with Crippen molar-refractivity contribution in [1.29, 1.82) is 0 Å². The van der Waals surface area contributed by atoms with Crippen LogP contribution in [0.4, 0.5) is 0 Å². The number of hydrogen-bond acceptors (Lipinski definition) is 4. The fourth-order valence-electron chi connectivity index (χ4n) is 2.02. The van der Waals surface area contributed by atoms with Gasteiger partial charge in [0.15, 0.2) is 0 Å². The molecule has 17 heavy (non-hydrogen) atoms. The molecule has 1 aliphatic rings. The van der Waals surface area contributed by atoms with E-state index in [1.165, 1.54) is 0 Å². The molecule has 1 saturated heterocycles. The molecule has 0 spiro atoms. The summed E-state index contributed by atoms with van der Waals surface area (Å²) in [5.74, 6) is 0.373. The molecule has 0 aromatic carbocycles. The molecule has 0 aliphatic carbocycles. The van der Waals surface area contributed by atoms with E-state index in [1.807, 2.05) is 13.8 Å². The van der Waals surface area contributed by atoms with Gasteiger partial charge in [-0.25, -0.2) is 12.7 Å². The largest absolute Gasteiger partial charge is 0.394 e. The Morgan fingerprint density at radius 3 is 2.41 bits per heavy atom. The van der Waals surface area contributed by atoms with Crippen molar-refractivity contribution in [3.8, 4) is 0 Å². The molecular weight excluding hydrogens is 242 g/mol. The fraction of sp³-hybridized carbons (Fsp3) is 1.00. The SMILES string of the molecule is CC(C)CS(=O)(=O)N1CCC(OCCO)CC1. The van der Waals surface area contributed by atoms with E-state index in [0.717, 1.165) is 12.8 Å². The summed E-state index contributed by atoms with van der Waals surface area (Å²) in [4.78, 5) is 0. The van der Waals surface area contributed by atoms with Crippen LogP contribution in [-0.4, -0.2) is 56.0 Å². The first kappa shape index (κ1) is 14.9. The number of sulfonamides is 1. The van der Waals surface area contributed by atoms with Crippen LogP contribution in [0.3, 0.4) is 0 Å². The second-order valence-electron chi connectivity index (χ2n) is 4.87. The third kappa shape index (κ3) is 4.91. The molecule has 1 N–H and O–H groups in total. The lowest BCUT2D eigenvalue weighted by molar-refractivity contribution is 0.00317. The number of piperidine rings is 1. The maximum absolute atomic E-state index is 12.0. The van der Waals surface area contributed by atoms with Crippen molar-refractivity contribution in [3.05, 3.63) is 0 Å². The van der Waals surface area contributed by atoms with Gasteiger partial charge in [-0.3, -0.25) is 0 Å². The van der Waals surface area contributed by atoms with Gasteiger partial charge in [0.25, 0.3) is 0 Å². The summed E-state index contributed by atoms with van der Waals surface area (Å²) >= 11 is 0. The van der Waals surface area contributed by atoms with Crippen molar-refractivity contribution in [3.63, 3.8) is 0 Å². The zero-order chi connectivity index (χ0) is 12.9. The van der Waals surface area contributed by atoms with E-state index in [9.17, 15) is 8.42 Å². The van der Waals surface area contributed by atoms with Gasteiger partial charge in [0, 0.05) is 13.1 Å². The third-order valence-corrected chi connectivity index (χ3v) is 5.02. The summed E-state index contributed by atoms with van der Waals surface area (Å²) in [5.41, 5.74) is 0. The highest BCUT2D eigenvalue weighted by atomic mass is 32.2. The van der Waals surface area contributed by atoms with Crippen molar-refractivity contribution < 1.29 is 18.3 Å². The predicted octanol–water partition coefficient (Wildman–Crippen LogP) is 0.446. The average molecular weight is 265 g/mol. The van der Waals surface area contributed by atoms with Gasteiger partial charge in [-0.1, -0.05) is 13.8 Å². The Morgan fingerprint density at radius 2 is 1.94 bits per heavy atom. The first-order valence-corrected chi connectivity index (χ1v) is 7.77. The normalized spacial score (nSPS) is 20.0. The molecule has 1 heterocycles. The van der Waals surface area contributed by atoms with Gasteiger partial charge in [0.2, 0.25) is 10.0 Å². The molecular formula is C11H23NO4S. The zero-order valence-electron chi connectivity index (χ0n) is 10.6. The Hall–Kier alpha value is -0.170. The van der Waals surface area contributed by atoms with Gasteiger partial charge in [-0.2, -0.15) is 0 Å². The summed E-state index contributed by atoms with van der Waals surface area (Å²) in [5, 5.41) is 8.65. The van der Waals surface area contributed by atoms with Crippen LogP contribution in [0.2, 0.25) is 0 Å². The van der Waals surface area contributed by atoms with Gasteiger partial charge < -0.3 is 9.84 Å². The van der Waals surface area contributed by atoms with Crippen molar-refractivity contribution in [2.75, 3.05) is 32.1 Å². The van der Waals surface area contributed by atoms with E-state index in [-0.39, 0.29) is 24.4 Å². The van der Waals surface area contributed by atoms with Crippen molar-refractivity contribution >= 4 is 10.0 Å². The average Bonchev–Trinajstić information content (AvgIpc) is 2.25. The minimum atomic E-state index is -3.10. The van der Waals surface area contributed by atoms with Crippen LogP contribution in [0.15, 0.2) is 0 Å². The molecule has 0 bridgehead atoms. The Bertz CT molecular complexity index is 307. The van der Waals surface area contributed by atoms with Gasteiger partial charge in [0.1, 0.15) is 0 Å². The lowest BCUT2D eigenvalue weighted by atomic mass is 10.1. The first-order chi connectivity index (χ1) is 7.95. The summed E-state index contributed by atoms with van der Waals surface area (Å²) in [6.07, 6.45) is 1.53. The van der Waals surface area contributed by atoms with E-state index in [4.69, 9.17) is 9.84 Å². The number of aliphatic hydroxyl groups is 1. The second kappa shape index (κ2) is 6.68. The molecule has 0 unspecified atom stereocenters. The number of nitrogens with zero attached hydrogens (tertiary/aromatic N) is 1. The number of ether oxygens (including phenoxy) is 1. The van der Waals surface area contributed by atoms with Crippen LogP contribution in [0.1, 0.15) is 26.7 Å². The van der Waals surface area contributed by atoms with Crippen LogP contribution in [0, 0.1) is 5.92 Å². The summed E-state index contributed by atoms with van der Waals surface area (Å²) < 4.78 is 30.9. The second-order valence-corrected chi connectivity index (χ2v) is 6.88. The summed E-state index contributed by atoms with van der Waals surface area (Å²) in [7, 11) is -3.10. The van der Waals surface area contributed by atoms with Crippen LogP contribution in [-0.2, 0) is 14.8 Å². The van der Waals surface area contributed by atoms with E-state index in [1.54, 1.807) is 4.31 Å². The molecule has 0 amide bonds. The lowest BCUT2D eigenvalue weighted by Crippen LogP contribution is -2.42. The van der Waals surface area contributed by atoms with Crippen molar-refractivity contribution in [2.45, 2.75) is 32.8 Å². The Kier molecular flexibility index (Phi) is 5.85. The van der Waals surface area contributed by atoms with E-state index in [0.29, 0.717) is 19.7 Å². The number of rotatable bonds is 6. The van der Waals surface area contributed by atoms with Gasteiger partial charge in [-0.05, 0) is 18.8 Å². The highest BCUT2D eigenvalue weighted by Crippen LogP contribution is 2.18. The maximum Gasteiger partial charge on any atom is 0.214 e. The maximum atomic E-state index is 12.0. The standard InChI is InChI=1S/C11H23NO4S/c1-10(2)9-17(14,15)12-5-3-11(4-6-12)16-8-7-13/h10-11,13H,3-9H2,1-2H3. The van der Waals surface area contributed by atoms with E-state index >= 15 is 0 Å². The van der Waals surface area contributed by atoms with Gasteiger partial charge >= 0.3 is 0 Å². The smallest absolute Gasteiger partial charge is 0.214 e. The quantitative estimate of drug-likeness (QED) is 0.757. The predicted molar refractivity (Wildman–Crippen MR) is 66.3 cm³/mol. The monoisotopic (exact) mass is 265 g/mol. The molecule has 0 aromatic heterocycles. The number of hydrogen-bond donors (Lipinski definition) is 1. The minimum Gasteiger partial charge on any atom is -0.394 e. The van der Waals surface area contributed by atoms with Gasteiger partial charge in [0.05, 0.1) is 25.1 Å². The molecule has 0 radical (unpaired) electrons. The van der Waals surface area contributed by atoms with E-state index < -0.39 is 10.0 Å². The molecule has 1 fully saturated rings. The Morgan fingerprint density at radius 1 is 1.35 bits per heavy atom. The molecule has 102 valence electrons. The molecule has 1 aliphatic heterocycles. The van der Waals surface area contributed by atoms with Crippen LogP contribution in [0.25, 0.3) is 0 Å². The number of aliphatic hydroxyl groups excluding tert-OH is 1. The zero-order valence-corrected chi connectivity index (χ0v) is 11.4. The summed E-state index contributed by atoms with van der Waals surface area (Å²) in [6.45, 7) is 5.24. The van der Waals surface area contributed by atoms with E-state index in [2.05, 4.69) is 0 Å². The minimum absolute atomic E-state index is 0.0197. The third-order valence-electron chi connectivity index (χ3n) is 2.78. The van der Waals surface area contributed by atoms with Crippen molar-refractivity contribution in [1.82, 2.24) is 4.31 Å². The fourth-order valence-corrected chi connectivity index (χ4v) is 3.84. The lowest BCUT2D eigenvalue weighted by Gasteiger charge is -2.31. The van der Waals surface area contributed by atoms with Crippen molar-refractivity contribution in [2.24, 2.45) is 5.92 Å². The molecule has 5 nitrogen and oxygen atoms in total. The summed E-state index contributed by atoms with van der Waals surface area (Å²) in [6, 6.07) is 0. The molecule has 0 aromatic rings. The first-order valence-electron chi connectivity index (χ1n) is 6.16. The Balaban J connectivity index is 2.41. The molecule has 6 heteroatoms. The highest BCUT2D eigenvalue weighted by Gasteiger charge is 2.28. The van der Waals surface area contributed by atoms with Crippen LogP contribution < -0.4 is 0 Å². The van der Waals surface area contributed by atoms with Crippen LogP contribution in [0.5, 0.6) is 0 Å². The molecule has 0 saturated carbocycles. The van der Waals surface area contributed by atoms with Crippen LogP contribution >= 0.6 is 0 Å². The van der Waals surface area contributed by atoms with Gasteiger partial charge in [-0.15, -0.1) is 0 Å². The molecule has 1 rings (SSSR count). The topological polar surface area (TPSA) is 66.8 Å².